The molecule has 0 aromatic carbocycles. The molecule has 0 unspecified atom stereocenters. The second kappa shape index (κ2) is 4.17. The summed E-state index contributed by atoms with van der Waals surface area (Å²) in [5.74, 6) is 0.531. The summed E-state index contributed by atoms with van der Waals surface area (Å²) < 4.78 is 4.13. The predicted octanol–water partition coefficient (Wildman–Crippen LogP) is -0.339. The molecule has 0 aliphatic heterocycles. The van der Waals surface area contributed by atoms with Crippen LogP contribution in [0.3, 0.4) is 0 Å². The Kier molecular flexibility index (Phi) is 2.82. The molecule has 2 aromatic heterocycles. The maximum absolute atomic E-state index is 12.2. The van der Waals surface area contributed by atoms with Crippen LogP contribution in [0, 0.1) is 0 Å². The predicted molar refractivity (Wildman–Crippen MR) is 70.0 cm³/mol. The third kappa shape index (κ3) is 1.47. The fourth-order valence-corrected chi connectivity index (χ4v) is 1.94. The number of aryl methyl sites for hydroxylation is 1. The molecule has 1 N–H and O–H groups in total. The molecule has 18 heavy (non-hydrogen) atoms. The number of hydrogen-bond acceptors (Lipinski definition) is 4. The maximum atomic E-state index is 12.2. The number of rotatable bonds is 3. The summed E-state index contributed by atoms with van der Waals surface area (Å²) in [5, 5.41) is 2.90. The van der Waals surface area contributed by atoms with Crippen molar-refractivity contribution in [3.8, 4) is 0 Å². The van der Waals surface area contributed by atoms with Crippen LogP contribution in [0.15, 0.2) is 22.2 Å². The monoisotopic (exact) mass is 249 g/mol. The van der Waals surface area contributed by atoms with Crippen molar-refractivity contribution in [2.75, 3.05) is 12.4 Å². The van der Waals surface area contributed by atoms with Crippen molar-refractivity contribution in [1.82, 2.24) is 18.7 Å². The van der Waals surface area contributed by atoms with Crippen LogP contribution in [0.1, 0.15) is 0 Å². The minimum absolute atomic E-state index is 0.357. The Morgan fingerprint density at radius 3 is 2.56 bits per heavy atom. The second-order valence-corrected chi connectivity index (χ2v) is 3.96. The van der Waals surface area contributed by atoms with Crippen molar-refractivity contribution in [2.45, 2.75) is 6.54 Å². The largest absolute Gasteiger partial charge is 0.359 e. The molecule has 96 valence electrons. The first-order valence-electron chi connectivity index (χ1n) is 5.47. The van der Waals surface area contributed by atoms with Gasteiger partial charge in [-0.25, -0.2) is 4.79 Å². The van der Waals surface area contributed by atoms with Crippen LogP contribution in [0.2, 0.25) is 0 Å². The van der Waals surface area contributed by atoms with Gasteiger partial charge in [0.25, 0.3) is 5.56 Å². The van der Waals surface area contributed by atoms with Gasteiger partial charge in [-0.05, 0) is 0 Å². The summed E-state index contributed by atoms with van der Waals surface area (Å²) in [6, 6.07) is 0. The molecule has 0 fully saturated rings. The van der Waals surface area contributed by atoms with E-state index < -0.39 is 5.69 Å². The van der Waals surface area contributed by atoms with Gasteiger partial charge in [-0.15, -0.1) is 6.58 Å². The molecule has 0 radical (unpaired) electrons. The van der Waals surface area contributed by atoms with E-state index in [1.807, 2.05) is 0 Å². The summed E-state index contributed by atoms with van der Waals surface area (Å²) in [6.07, 6.45) is 1.67. The van der Waals surface area contributed by atoms with Gasteiger partial charge in [0.05, 0.1) is 0 Å². The Balaban J connectivity index is 3.04. The third-order valence-corrected chi connectivity index (χ3v) is 2.88. The summed E-state index contributed by atoms with van der Waals surface area (Å²) in [4.78, 5) is 28.2. The van der Waals surface area contributed by atoms with E-state index >= 15 is 0 Å². The lowest BCUT2D eigenvalue weighted by Crippen LogP contribution is -2.37. The van der Waals surface area contributed by atoms with Crippen LogP contribution in [0.4, 0.5) is 5.95 Å². The molecular weight excluding hydrogens is 234 g/mol. The topological polar surface area (TPSA) is 73.8 Å². The molecule has 0 amide bonds. The SMILES string of the molecule is C=CCn1c(NC)nc2c1c(=O)n(C)c(=O)n2C. The van der Waals surface area contributed by atoms with E-state index in [1.165, 1.54) is 11.6 Å². The standard InChI is InChI=1S/C11H15N5O2/c1-5-6-16-7-8(13-10(16)12-2)14(3)11(18)15(4)9(7)17/h5H,1,6H2,2-4H3,(H,12,13). The van der Waals surface area contributed by atoms with Gasteiger partial charge in [0.2, 0.25) is 5.95 Å². The Hall–Kier alpha value is -2.31. The molecule has 7 nitrogen and oxygen atoms in total. The van der Waals surface area contributed by atoms with E-state index in [9.17, 15) is 9.59 Å². The van der Waals surface area contributed by atoms with Crippen molar-refractivity contribution in [3.05, 3.63) is 33.5 Å². The molecule has 2 aromatic rings. The van der Waals surface area contributed by atoms with Crippen molar-refractivity contribution < 1.29 is 0 Å². The minimum Gasteiger partial charge on any atom is -0.359 e. The first kappa shape index (κ1) is 12.2. The average molecular weight is 249 g/mol. The summed E-state index contributed by atoms with van der Waals surface area (Å²) in [7, 11) is 4.76. The first-order valence-corrected chi connectivity index (χ1v) is 5.47. The van der Waals surface area contributed by atoms with Crippen molar-refractivity contribution in [2.24, 2.45) is 14.1 Å². The highest BCUT2D eigenvalue weighted by Gasteiger charge is 2.17. The summed E-state index contributed by atoms with van der Waals surface area (Å²) >= 11 is 0. The number of aromatic nitrogens is 4. The van der Waals surface area contributed by atoms with Gasteiger partial charge in [-0.1, -0.05) is 6.08 Å². The van der Waals surface area contributed by atoms with Crippen LogP contribution in [0.25, 0.3) is 11.2 Å². The third-order valence-electron chi connectivity index (χ3n) is 2.88. The lowest BCUT2D eigenvalue weighted by molar-refractivity contribution is 0.703. The zero-order chi connectivity index (χ0) is 13.4. The molecule has 0 aliphatic carbocycles. The number of imidazole rings is 1. The van der Waals surface area contributed by atoms with E-state index in [-0.39, 0.29) is 5.56 Å². The van der Waals surface area contributed by atoms with E-state index in [0.29, 0.717) is 23.7 Å². The first-order chi connectivity index (χ1) is 8.52. The van der Waals surface area contributed by atoms with Crippen LogP contribution in [0.5, 0.6) is 0 Å². The fraction of sp³-hybridized carbons (Fsp3) is 0.364. The van der Waals surface area contributed by atoms with E-state index in [0.717, 1.165) is 4.57 Å². The van der Waals surface area contributed by atoms with Crippen LogP contribution in [-0.2, 0) is 20.6 Å². The van der Waals surface area contributed by atoms with Crippen molar-refractivity contribution in [3.63, 3.8) is 0 Å². The number of nitrogens with zero attached hydrogens (tertiary/aromatic N) is 4. The van der Waals surface area contributed by atoms with Crippen LogP contribution in [-0.4, -0.2) is 25.7 Å². The van der Waals surface area contributed by atoms with Gasteiger partial charge in [-0.2, -0.15) is 4.98 Å². The van der Waals surface area contributed by atoms with Gasteiger partial charge in [0.15, 0.2) is 11.2 Å². The smallest absolute Gasteiger partial charge is 0.332 e. The molecule has 7 heteroatoms. The van der Waals surface area contributed by atoms with Gasteiger partial charge in [0, 0.05) is 27.7 Å². The van der Waals surface area contributed by atoms with Crippen molar-refractivity contribution in [1.29, 1.82) is 0 Å². The van der Waals surface area contributed by atoms with Gasteiger partial charge in [0.1, 0.15) is 0 Å². The number of anilines is 1. The molecule has 0 saturated heterocycles. The van der Waals surface area contributed by atoms with E-state index in [4.69, 9.17) is 0 Å². The lowest BCUT2D eigenvalue weighted by atomic mass is 10.5. The maximum Gasteiger partial charge on any atom is 0.332 e. The summed E-state index contributed by atoms with van der Waals surface area (Å²) in [5.41, 5.74) is 0.0144. The highest BCUT2D eigenvalue weighted by Crippen LogP contribution is 2.14. The normalized spacial score (nSPS) is 10.8. The van der Waals surface area contributed by atoms with Gasteiger partial charge >= 0.3 is 5.69 Å². The Morgan fingerprint density at radius 1 is 1.33 bits per heavy atom. The van der Waals surface area contributed by atoms with Crippen LogP contribution < -0.4 is 16.6 Å². The zero-order valence-corrected chi connectivity index (χ0v) is 10.6. The average Bonchev–Trinajstić information content (AvgIpc) is 2.73. The fourth-order valence-electron chi connectivity index (χ4n) is 1.94. The summed E-state index contributed by atoms with van der Waals surface area (Å²) in [6.45, 7) is 4.10. The number of allylic oxidation sites excluding steroid dienone is 1. The number of hydrogen-bond donors (Lipinski definition) is 1. The highest BCUT2D eigenvalue weighted by atomic mass is 16.2. The second-order valence-electron chi connectivity index (χ2n) is 3.96. The molecule has 2 heterocycles. The number of fused-ring (bicyclic) bond motifs is 1. The van der Waals surface area contributed by atoms with Gasteiger partial charge in [-0.3, -0.25) is 13.9 Å². The quantitative estimate of drug-likeness (QED) is 0.755. The Labute approximate surface area is 103 Å². The van der Waals surface area contributed by atoms with E-state index in [1.54, 1.807) is 24.7 Å². The molecule has 0 spiro atoms. The van der Waals surface area contributed by atoms with E-state index in [2.05, 4.69) is 16.9 Å². The Morgan fingerprint density at radius 2 is 2.00 bits per heavy atom. The van der Waals surface area contributed by atoms with Gasteiger partial charge < -0.3 is 9.88 Å². The highest BCUT2D eigenvalue weighted by molar-refractivity contribution is 5.74. The molecule has 0 aliphatic rings. The molecule has 0 saturated carbocycles. The van der Waals surface area contributed by atoms with Crippen LogP contribution >= 0.6 is 0 Å². The zero-order valence-electron chi connectivity index (χ0n) is 10.6. The molecule has 0 bridgehead atoms. The molecule has 0 atom stereocenters. The molecule has 2 rings (SSSR count). The van der Waals surface area contributed by atoms with Crippen molar-refractivity contribution >= 4 is 17.1 Å². The lowest BCUT2D eigenvalue weighted by Gasteiger charge is -2.06. The minimum atomic E-state index is -0.390. The Bertz CT molecular complexity index is 734. The molecular formula is C11H15N5O2. The number of nitrogens with one attached hydrogen (secondary N) is 1.